The molecule has 0 aliphatic heterocycles. The number of amides is 1. The van der Waals surface area contributed by atoms with Crippen LogP contribution in [0, 0.1) is 0 Å². The van der Waals surface area contributed by atoms with Crippen molar-refractivity contribution in [2.45, 2.75) is 20.8 Å². The molecule has 5 nitrogen and oxygen atoms in total. The van der Waals surface area contributed by atoms with Gasteiger partial charge >= 0.3 is 0 Å². The van der Waals surface area contributed by atoms with E-state index in [0.29, 0.717) is 35.0 Å². The molecule has 0 saturated heterocycles. The number of rotatable bonds is 5. The van der Waals surface area contributed by atoms with E-state index in [1.807, 2.05) is 62.4 Å². The highest BCUT2D eigenvalue weighted by Crippen LogP contribution is 2.47. The van der Waals surface area contributed by atoms with Gasteiger partial charge in [-0.25, -0.2) is 0 Å². The summed E-state index contributed by atoms with van der Waals surface area (Å²) in [6.07, 6.45) is 0. The average molecular weight is 428 g/mol. The lowest BCUT2D eigenvalue weighted by Crippen LogP contribution is -2.30. The van der Waals surface area contributed by atoms with Gasteiger partial charge in [-0.15, -0.1) is 0 Å². The highest BCUT2D eigenvalue weighted by molar-refractivity contribution is 6.16. The lowest BCUT2D eigenvalue weighted by molar-refractivity contribution is 0.0770. The number of carbonyl (C=O) groups is 2. The number of Topliss-reactive ketones (excluding diaryl/α,β-unsaturated/α-hetero) is 1. The minimum Gasteiger partial charge on any atom is -0.507 e. The van der Waals surface area contributed by atoms with Crippen LogP contribution in [-0.2, 0) is 0 Å². The average Bonchev–Trinajstić information content (AvgIpc) is 2.79. The van der Waals surface area contributed by atoms with Gasteiger partial charge in [0.2, 0.25) is 0 Å². The predicted molar refractivity (Wildman–Crippen MR) is 127 cm³/mol. The number of aromatic hydroxyl groups is 2. The van der Waals surface area contributed by atoms with Crippen molar-refractivity contribution >= 4 is 33.2 Å². The van der Waals surface area contributed by atoms with Gasteiger partial charge in [0.25, 0.3) is 5.91 Å². The van der Waals surface area contributed by atoms with Crippen molar-refractivity contribution in [3.05, 3.63) is 71.8 Å². The summed E-state index contributed by atoms with van der Waals surface area (Å²) in [5.74, 6) is -0.981. The summed E-state index contributed by atoms with van der Waals surface area (Å²) in [6, 6.07) is 18.1. The molecule has 0 radical (unpaired) electrons. The third kappa shape index (κ3) is 3.36. The lowest BCUT2D eigenvalue weighted by Gasteiger charge is -2.22. The quantitative estimate of drug-likeness (QED) is 0.397. The number of benzene rings is 4. The predicted octanol–water partition coefficient (Wildman–Crippen LogP) is 5.76. The van der Waals surface area contributed by atoms with E-state index in [4.69, 9.17) is 0 Å². The van der Waals surface area contributed by atoms with Crippen LogP contribution in [0.15, 0.2) is 60.7 Å². The molecule has 32 heavy (non-hydrogen) atoms. The molecule has 0 saturated carbocycles. The highest BCUT2D eigenvalue weighted by atomic mass is 16.3. The van der Waals surface area contributed by atoms with Gasteiger partial charge in [0.15, 0.2) is 5.78 Å². The molecule has 4 rings (SSSR count). The Labute approximate surface area is 186 Å². The normalized spacial score (nSPS) is 11.1. The molecule has 0 spiro atoms. The second-order valence-corrected chi connectivity index (χ2v) is 7.77. The van der Waals surface area contributed by atoms with Gasteiger partial charge in [0.05, 0.1) is 11.1 Å². The first-order valence-electron chi connectivity index (χ1n) is 10.7. The van der Waals surface area contributed by atoms with Crippen molar-refractivity contribution in [3.8, 4) is 22.6 Å². The molecule has 5 heteroatoms. The molecule has 4 aromatic rings. The van der Waals surface area contributed by atoms with Crippen molar-refractivity contribution in [2.75, 3.05) is 13.1 Å². The minimum absolute atomic E-state index is 0.166. The van der Waals surface area contributed by atoms with Crippen LogP contribution in [0.4, 0.5) is 0 Å². The summed E-state index contributed by atoms with van der Waals surface area (Å²) in [4.78, 5) is 27.2. The van der Waals surface area contributed by atoms with Crippen LogP contribution in [0.25, 0.3) is 32.7 Å². The van der Waals surface area contributed by atoms with Gasteiger partial charge in [0, 0.05) is 24.2 Å². The zero-order chi connectivity index (χ0) is 23.0. The molecular formula is C27H25NO4. The fraction of sp³-hybridized carbons (Fsp3) is 0.185. The molecule has 0 aromatic heterocycles. The number of ketones is 1. The topological polar surface area (TPSA) is 77.8 Å². The number of phenolic OH excluding ortho intramolecular Hbond substituents is 2. The summed E-state index contributed by atoms with van der Waals surface area (Å²) < 4.78 is 0. The van der Waals surface area contributed by atoms with Gasteiger partial charge in [0.1, 0.15) is 11.5 Å². The maximum Gasteiger partial charge on any atom is 0.257 e. The van der Waals surface area contributed by atoms with Crippen LogP contribution in [-0.4, -0.2) is 39.9 Å². The molecule has 0 aliphatic rings. The lowest BCUT2D eigenvalue weighted by atomic mass is 9.88. The fourth-order valence-corrected chi connectivity index (χ4v) is 4.29. The zero-order valence-electron chi connectivity index (χ0n) is 18.3. The Bertz CT molecular complexity index is 1370. The SMILES string of the molecule is CCN(CC)C(=O)c1cc2ccccc2c(-c2c(O)c(C(C)=O)cc3ccccc23)c1O. The van der Waals surface area contributed by atoms with Crippen LogP contribution in [0.2, 0.25) is 0 Å². The summed E-state index contributed by atoms with van der Waals surface area (Å²) in [5, 5.41) is 25.5. The number of hydrogen-bond acceptors (Lipinski definition) is 4. The first-order valence-corrected chi connectivity index (χ1v) is 10.7. The summed E-state index contributed by atoms with van der Waals surface area (Å²) in [6.45, 7) is 6.17. The summed E-state index contributed by atoms with van der Waals surface area (Å²) >= 11 is 0. The number of carbonyl (C=O) groups excluding carboxylic acids is 2. The molecule has 162 valence electrons. The highest BCUT2D eigenvalue weighted by Gasteiger charge is 2.26. The van der Waals surface area contributed by atoms with E-state index in [1.54, 1.807) is 17.0 Å². The molecule has 0 atom stereocenters. The van der Waals surface area contributed by atoms with Crippen LogP contribution >= 0.6 is 0 Å². The molecule has 2 N–H and O–H groups in total. The number of hydrogen-bond donors (Lipinski definition) is 2. The van der Waals surface area contributed by atoms with Crippen molar-refractivity contribution < 1.29 is 19.8 Å². The maximum atomic E-state index is 13.2. The van der Waals surface area contributed by atoms with E-state index in [-0.39, 0.29) is 34.3 Å². The number of fused-ring (bicyclic) bond motifs is 2. The van der Waals surface area contributed by atoms with Gasteiger partial charge < -0.3 is 15.1 Å². The monoisotopic (exact) mass is 427 g/mol. The van der Waals surface area contributed by atoms with E-state index in [1.165, 1.54) is 6.92 Å². The molecular weight excluding hydrogens is 402 g/mol. The zero-order valence-corrected chi connectivity index (χ0v) is 18.3. The Balaban J connectivity index is 2.18. The van der Waals surface area contributed by atoms with Crippen LogP contribution in [0.5, 0.6) is 11.5 Å². The Hall–Kier alpha value is -3.86. The van der Waals surface area contributed by atoms with Crippen molar-refractivity contribution in [1.82, 2.24) is 4.90 Å². The second kappa shape index (κ2) is 8.35. The third-order valence-corrected chi connectivity index (χ3v) is 5.95. The molecule has 0 bridgehead atoms. The van der Waals surface area contributed by atoms with Crippen molar-refractivity contribution in [1.29, 1.82) is 0 Å². The van der Waals surface area contributed by atoms with E-state index in [0.717, 1.165) is 10.8 Å². The Morgan fingerprint density at radius 2 is 1.19 bits per heavy atom. The first-order chi connectivity index (χ1) is 15.4. The van der Waals surface area contributed by atoms with Crippen LogP contribution in [0.3, 0.4) is 0 Å². The second-order valence-electron chi connectivity index (χ2n) is 7.77. The van der Waals surface area contributed by atoms with Gasteiger partial charge in [-0.05, 0) is 54.4 Å². The molecule has 1 amide bonds. The molecule has 0 fully saturated rings. The van der Waals surface area contributed by atoms with Crippen LogP contribution < -0.4 is 0 Å². The number of phenols is 2. The van der Waals surface area contributed by atoms with Crippen molar-refractivity contribution in [2.24, 2.45) is 0 Å². The Morgan fingerprint density at radius 1 is 0.750 bits per heavy atom. The molecule has 0 heterocycles. The van der Waals surface area contributed by atoms with Gasteiger partial charge in [-0.2, -0.15) is 0 Å². The van der Waals surface area contributed by atoms with E-state index in [9.17, 15) is 19.8 Å². The van der Waals surface area contributed by atoms with Crippen molar-refractivity contribution in [3.63, 3.8) is 0 Å². The smallest absolute Gasteiger partial charge is 0.257 e. The largest absolute Gasteiger partial charge is 0.507 e. The van der Waals surface area contributed by atoms with Gasteiger partial charge in [-0.3, -0.25) is 9.59 Å². The summed E-state index contributed by atoms with van der Waals surface area (Å²) in [5.41, 5.74) is 1.02. The maximum absolute atomic E-state index is 13.2. The summed E-state index contributed by atoms with van der Waals surface area (Å²) in [7, 11) is 0. The third-order valence-electron chi connectivity index (χ3n) is 5.95. The van der Waals surface area contributed by atoms with E-state index in [2.05, 4.69) is 0 Å². The van der Waals surface area contributed by atoms with E-state index >= 15 is 0 Å². The van der Waals surface area contributed by atoms with Crippen LogP contribution in [0.1, 0.15) is 41.5 Å². The Kier molecular flexibility index (Phi) is 5.57. The number of nitrogens with zero attached hydrogens (tertiary/aromatic N) is 1. The minimum atomic E-state index is -0.286. The molecule has 0 unspecified atom stereocenters. The van der Waals surface area contributed by atoms with Gasteiger partial charge in [-0.1, -0.05) is 48.5 Å². The molecule has 4 aromatic carbocycles. The van der Waals surface area contributed by atoms with E-state index < -0.39 is 0 Å². The molecule has 0 aliphatic carbocycles. The Morgan fingerprint density at radius 3 is 1.66 bits per heavy atom. The first kappa shape index (κ1) is 21.4. The standard InChI is InChI=1S/C27H25NO4/c1-4-28(5-2)27(32)22-15-18-11-7-9-13-20(18)24(26(22)31)23-19-12-8-6-10-17(19)14-21(16(3)29)25(23)30/h6-15,30-31H,4-5H2,1-3H3. The fourth-order valence-electron chi connectivity index (χ4n) is 4.29.